The molecule has 1 heterocycles. The van der Waals surface area contributed by atoms with E-state index < -0.39 is 0 Å². The number of hydrogen-bond donors (Lipinski definition) is 0. The summed E-state index contributed by atoms with van der Waals surface area (Å²) in [7, 11) is 0. The maximum absolute atomic E-state index is 12.1. The van der Waals surface area contributed by atoms with E-state index in [1.54, 1.807) is 0 Å². The van der Waals surface area contributed by atoms with E-state index in [1.165, 1.54) is 413 Å². The summed E-state index contributed by atoms with van der Waals surface area (Å²) in [6.45, 7) is 21.5. The van der Waals surface area contributed by atoms with Gasteiger partial charge in [0.25, 0.3) is 0 Å². The van der Waals surface area contributed by atoms with Crippen molar-refractivity contribution in [2.45, 2.75) is 491 Å². The Morgan fingerprint density at radius 3 is 0.818 bits per heavy atom. The van der Waals surface area contributed by atoms with Crippen molar-refractivity contribution in [3.05, 3.63) is 101 Å². The minimum atomic E-state index is 0. The van der Waals surface area contributed by atoms with Gasteiger partial charge < -0.3 is 19.4 Å². The molecule has 0 amide bonds. The second-order valence-corrected chi connectivity index (χ2v) is 30.8. The average Bonchev–Trinajstić information content (AvgIpc) is 1.61. The zero-order chi connectivity index (χ0) is 70.8. The van der Waals surface area contributed by atoms with E-state index in [0.717, 1.165) is 85.9 Å². The number of nitrogens with zero attached hydrogens (tertiary/aromatic N) is 2. The van der Waals surface area contributed by atoms with Crippen molar-refractivity contribution in [1.82, 2.24) is 0 Å². The second kappa shape index (κ2) is 78.2. The van der Waals surface area contributed by atoms with Crippen LogP contribution in [0.3, 0.4) is 0 Å². The number of hydrogen-bond acceptors (Lipinski definition) is 0. The third-order valence-corrected chi connectivity index (χ3v) is 21.1. The number of rotatable bonds is 69. The molecule has 0 spiro atoms. The largest absolute Gasteiger partial charge is 2.00 e. The number of benzene rings is 2. The second-order valence-electron chi connectivity index (χ2n) is 30.8. The topological polar surface area (TPSA) is 25.3 Å². The standard InChI is InChI=1S/C48H72N2.2C24H49.Ni/c1-5-9-13-15-17-18-19-20-21-22-23-25-28-38-46-45(37-12-8-4)47(43-35-30-34-42(40-43)32-27-24-16-14-10-6-2)50(49)48(46)44-36-29-33-41(39-44)31-26-11-7-3;2*1-3-5-7-9-11-13-15-17-19-21-23-24-22-20-18-16-14-12-10-8-6-4-2;/h29-30,33-36,39-40H,5-27,31-32,37H2,1-4H3;2*1,3-24H2,2H3;/q;2*-1;+2. The molecule has 0 saturated heterocycles. The van der Waals surface area contributed by atoms with Crippen molar-refractivity contribution in [2.75, 3.05) is 0 Å². The van der Waals surface area contributed by atoms with Gasteiger partial charge in [0.2, 0.25) is 11.4 Å². The van der Waals surface area contributed by atoms with Crippen molar-refractivity contribution in [3.8, 4) is 11.8 Å². The van der Waals surface area contributed by atoms with Gasteiger partial charge in [0.1, 0.15) is 5.57 Å². The molecule has 3 rings (SSSR count). The Hall–Kier alpha value is -2.43. The first kappa shape index (κ1) is 96.6. The Morgan fingerprint density at radius 1 is 0.283 bits per heavy atom. The van der Waals surface area contributed by atoms with Gasteiger partial charge in [-0.3, -0.25) is 0 Å². The van der Waals surface area contributed by atoms with Gasteiger partial charge in [-0.25, -0.2) is 4.70 Å². The zero-order valence-corrected chi connectivity index (χ0v) is 68.7. The molecule has 2 nitrogen and oxygen atoms in total. The monoisotopic (exact) mass is 1410 g/mol. The van der Waals surface area contributed by atoms with Gasteiger partial charge in [-0.1, -0.05) is 463 Å². The Labute approximate surface area is 632 Å². The van der Waals surface area contributed by atoms with Crippen molar-refractivity contribution < 1.29 is 21.2 Å². The van der Waals surface area contributed by atoms with Crippen LogP contribution in [0.1, 0.15) is 500 Å². The predicted octanol–water partition coefficient (Wildman–Crippen LogP) is 34.2. The molecule has 0 unspecified atom stereocenters. The Bertz CT molecular complexity index is 2040. The fourth-order valence-electron chi connectivity index (χ4n) is 14.6. The van der Waals surface area contributed by atoms with Crippen molar-refractivity contribution in [1.29, 1.82) is 0 Å². The number of aryl methyl sites for hydroxylation is 2. The summed E-state index contributed by atoms with van der Waals surface area (Å²) in [5.74, 6) is 7.26. The molecule has 0 aromatic heterocycles. The molecule has 1 aliphatic rings. The summed E-state index contributed by atoms with van der Waals surface area (Å²) in [6, 6.07) is 17.8. The van der Waals surface area contributed by atoms with E-state index in [2.05, 4.69) is 116 Å². The first-order valence-electron chi connectivity index (χ1n) is 44.7. The van der Waals surface area contributed by atoms with Gasteiger partial charge in [-0.05, 0) is 80.3 Å². The minimum absolute atomic E-state index is 0. The van der Waals surface area contributed by atoms with Crippen LogP contribution in [-0.4, -0.2) is 4.70 Å². The van der Waals surface area contributed by atoms with Gasteiger partial charge in [-0.15, -0.1) is 0 Å². The van der Waals surface area contributed by atoms with Crippen molar-refractivity contribution >= 4 is 11.4 Å². The van der Waals surface area contributed by atoms with Crippen LogP contribution in [-0.2, 0) is 29.3 Å². The van der Waals surface area contributed by atoms with Crippen molar-refractivity contribution in [2.24, 2.45) is 0 Å². The molecular formula is C96H170N2Ni. The first-order valence-corrected chi connectivity index (χ1v) is 44.7. The Balaban J connectivity index is 0.00000164. The number of allylic oxidation sites excluding steroid dienone is 2. The molecule has 2 aromatic carbocycles. The molecule has 574 valence electrons. The molecule has 0 aliphatic carbocycles. The van der Waals surface area contributed by atoms with Gasteiger partial charge >= 0.3 is 16.5 Å². The third-order valence-electron chi connectivity index (χ3n) is 21.1. The van der Waals surface area contributed by atoms with Crippen LogP contribution in [0.5, 0.6) is 0 Å². The normalized spacial score (nSPS) is 12.0. The Kier molecular flexibility index (Phi) is 76.3. The van der Waals surface area contributed by atoms with Crippen LogP contribution in [0.2, 0.25) is 0 Å². The fourth-order valence-corrected chi connectivity index (χ4v) is 14.6. The summed E-state index contributed by atoms with van der Waals surface area (Å²) in [6.07, 6.45) is 96.1. The molecule has 0 bridgehead atoms. The van der Waals surface area contributed by atoms with E-state index in [1.807, 2.05) is 0 Å². The summed E-state index contributed by atoms with van der Waals surface area (Å²) >= 11 is 0. The molecule has 0 atom stereocenters. The van der Waals surface area contributed by atoms with Gasteiger partial charge in [0, 0.05) is 23.1 Å². The van der Waals surface area contributed by atoms with E-state index in [4.69, 9.17) is 0 Å². The van der Waals surface area contributed by atoms with E-state index in [0.29, 0.717) is 0 Å². The van der Waals surface area contributed by atoms with Gasteiger partial charge in [-0.2, -0.15) is 12.8 Å². The van der Waals surface area contributed by atoms with Crippen LogP contribution in [0.25, 0.3) is 16.9 Å². The van der Waals surface area contributed by atoms with Gasteiger partial charge in [0.05, 0.1) is 0 Å². The molecule has 0 saturated carbocycles. The van der Waals surface area contributed by atoms with E-state index in [9.17, 15) is 5.53 Å². The van der Waals surface area contributed by atoms with E-state index >= 15 is 0 Å². The molecule has 0 radical (unpaired) electrons. The summed E-state index contributed by atoms with van der Waals surface area (Å²) < 4.78 is 1.51. The molecular weight excluding hydrogens is 1240 g/mol. The average molecular weight is 1410 g/mol. The molecule has 0 fully saturated rings. The van der Waals surface area contributed by atoms with E-state index in [-0.39, 0.29) is 16.5 Å². The molecule has 3 heteroatoms. The summed E-state index contributed by atoms with van der Waals surface area (Å²) in [5.41, 5.74) is 21.1. The Morgan fingerprint density at radius 2 is 0.525 bits per heavy atom. The maximum atomic E-state index is 12.1. The molecule has 0 N–H and O–H groups in total. The van der Waals surface area contributed by atoms with Crippen LogP contribution in [0.4, 0.5) is 0 Å². The molecule has 1 aliphatic heterocycles. The number of unbranched alkanes of at least 4 members (excludes halogenated alkanes) is 61. The quantitative estimate of drug-likeness (QED) is 0.0207. The summed E-state index contributed by atoms with van der Waals surface area (Å²) in [4.78, 5) is 0. The molecule has 99 heavy (non-hydrogen) atoms. The minimum Gasteiger partial charge on any atom is -0.493 e. The fraction of sp³-hybridized carbons (Fsp3) is 0.792. The van der Waals surface area contributed by atoms with Crippen molar-refractivity contribution in [3.63, 3.8) is 0 Å². The third kappa shape index (κ3) is 58.5. The SMILES string of the molecule is CCCCCCCCCCCCCC#CC1=C(c2cccc(CCCCC)c2)[N+](=[N-])C(c2cccc(CCCCCCCC)c2)=C1CCCC.[CH2-]CCCCCCCCCCCCCCCCCCCCCCC.[CH2-]CCCCCCCCCCCCCCCCCCCCCCC.[Ni+2]. The van der Waals surface area contributed by atoms with Gasteiger partial charge in [0.15, 0.2) is 0 Å². The van der Waals surface area contributed by atoms with Crippen LogP contribution in [0.15, 0.2) is 59.7 Å². The van der Waals surface area contributed by atoms with Crippen LogP contribution in [0, 0.1) is 25.7 Å². The smallest absolute Gasteiger partial charge is 0.493 e. The maximum Gasteiger partial charge on any atom is 2.00 e. The first-order chi connectivity index (χ1) is 48.5. The zero-order valence-electron chi connectivity index (χ0n) is 67.7. The van der Waals surface area contributed by atoms with Crippen LogP contribution < -0.4 is 0 Å². The van der Waals surface area contributed by atoms with Crippen LogP contribution >= 0.6 is 0 Å². The summed E-state index contributed by atoms with van der Waals surface area (Å²) in [5, 5.41) is 0. The molecule has 2 aromatic rings. The predicted molar refractivity (Wildman–Crippen MR) is 444 cm³/mol.